The van der Waals surface area contributed by atoms with Crippen LogP contribution in [0.15, 0.2) is 24.3 Å². The Morgan fingerprint density at radius 2 is 1.55 bits per heavy atom. The standard InChI is InChI=1S/C25H44N4/c1-6-22(4)19-27-13-11-24(12-14-27)26(5)20-23-7-9-25(10-8-23)29-17-15-28(16-18-29)21(2)3/h7-10,21-22,24H,6,11-20H2,1-5H3. The Morgan fingerprint density at radius 3 is 2.10 bits per heavy atom. The fourth-order valence-corrected chi connectivity index (χ4v) is 4.84. The van der Waals surface area contributed by atoms with E-state index in [2.05, 4.69) is 78.6 Å². The van der Waals surface area contributed by atoms with Crippen molar-refractivity contribution in [2.24, 2.45) is 5.92 Å². The highest BCUT2D eigenvalue weighted by Gasteiger charge is 2.23. The van der Waals surface area contributed by atoms with Crippen LogP contribution in [0, 0.1) is 5.92 Å². The van der Waals surface area contributed by atoms with Crippen molar-refractivity contribution in [3.63, 3.8) is 0 Å². The molecule has 0 bridgehead atoms. The Hall–Kier alpha value is -1.10. The van der Waals surface area contributed by atoms with Crippen LogP contribution in [0.4, 0.5) is 5.69 Å². The number of hydrogen-bond acceptors (Lipinski definition) is 4. The predicted molar refractivity (Wildman–Crippen MR) is 126 cm³/mol. The summed E-state index contributed by atoms with van der Waals surface area (Å²) in [5, 5.41) is 0. The maximum Gasteiger partial charge on any atom is 0.0367 e. The van der Waals surface area contributed by atoms with Crippen molar-refractivity contribution >= 4 is 5.69 Å². The molecule has 2 heterocycles. The summed E-state index contributed by atoms with van der Waals surface area (Å²) in [5.74, 6) is 0.830. The number of nitrogens with zero attached hydrogens (tertiary/aromatic N) is 4. The summed E-state index contributed by atoms with van der Waals surface area (Å²) in [4.78, 5) is 10.4. The lowest BCUT2D eigenvalue weighted by Crippen LogP contribution is -2.48. The smallest absolute Gasteiger partial charge is 0.0367 e. The molecule has 0 aromatic heterocycles. The number of benzene rings is 1. The number of hydrogen-bond donors (Lipinski definition) is 0. The summed E-state index contributed by atoms with van der Waals surface area (Å²) < 4.78 is 0. The first-order chi connectivity index (χ1) is 14.0. The van der Waals surface area contributed by atoms with E-state index in [1.54, 1.807) is 0 Å². The zero-order chi connectivity index (χ0) is 20.8. The van der Waals surface area contributed by atoms with Crippen molar-refractivity contribution in [1.29, 1.82) is 0 Å². The number of likely N-dealkylation sites (tertiary alicyclic amines) is 1. The van der Waals surface area contributed by atoms with Crippen molar-refractivity contribution in [2.75, 3.05) is 57.8 Å². The molecule has 1 aromatic rings. The van der Waals surface area contributed by atoms with Gasteiger partial charge in [0.15, 0.2) is 0 Å². The Labute approximate surface area is 179 Å². The van der Waals surface area contributed by atoms with Crippen LogP contribution in [0.3, 0.4) is 0 Å². The maximum atomic E-state index is 2.67. The number of anilines is 1. The molecule has 2 aliphatic heterocycles. The molecule has 29 heavy (non-hydrogen) atoms. The molecule has 0 spiro atoms. The third-order valence-corrected chi connectivity index (χ3v) is 7.23. The second kappa shape index (κ2) is 10.8. The molecule has 1 atom stereocenters. The summed E-state index contributed by atoms with van der Waals surface area (Å²) in [7, 11) is 2.31. The van der Waals surface area contributed by atoms with Gasteiger partial charge in [-0.3, -0.25) is 9.80 Å². The first-order valence-corrected chi connectivity index (χ1v) is 12.0. The first kappa shape index (κ1) is 22.6. The highest BCUT2D eigenvalue weighted by atomic mass is 15.3. The monoisotopic (exact) mass is 400 g/mol. The van der Waals surface area contributed by atoms with Gasteiger partial charge in [-0.25, -0.2) is 0 Å². The van der Waals surface area contributed by atoms with Gasteiger partial charge in [-0.05, 0) is 70.4 Å². The van der Waals surface area contributed by atoms with Crippen LogP contribution in [0.1, 0.15) is 52.5 Å². The van der Waals surface area contributed by atoms with Gasteiger partial charge in [0.1, 0.15) is 0 Å². The molecule has 164 valence electrons. The summed E-state index contributed by atoms with van der Waals surface area (Å²) in [6.07, 6.45) is 3.92. The molecule has 1 unspecified atom stereocenters. The normalized spacial score (nSPS) is 21.3. The zero-order valence-corrected chi connectivity index (χ0v) is 19.6. The van der Waals surface area contributed by atoms with Gasteiger partial charge < -0.3 is 9.80 Å². The Balaban J connectivity index is 1.44. The van der Waals surface area contributed by atoms with E-state index in [1.165, 1.54) is 63.2 Å². The fourth-order valence-electron chi connectivity index (χ4n) is 4.84. The van der Waals surface area contributed by atoms with Crippen molar-refractivity contribution in [3.8, 4) is 0 Å². The molecule has 0 radical (unpaired) electrons. The number of rotatable bonds is 8. The lowest BCUT2D eigenvalue weighted by molar-refractivity contribution is 0.113. The molecule has 0 amide bonds. The van der Waals surface area contributed by atoms with E-state index in [-0.39, 0.29) is 0 Å². The van der Waals surface area contributed by atoms with E-state index in [0.29, 0.717) is 6.04 Å². The highest BCUT2D eigenvalue weighted by molar-refractivity contribution is 5.48. The third kappa shape index (κ3) is 6.44. The quantitative estimate of drug-likeness (QED) is 0.649. The lowest BCUT2D eigenvalue weighted by atomic mass is 10.0. The Morgan fingerprint density at radius 1 is 0.931 bits per heavy atom. The van der Waals surface area contributed by atoms with Gasteiger partial charge in [0.05, 0.1) is 0 Å². The minimum absolute atomic E-state index is 0.664. The van der Waals surface area contributed by atoms with Crippen LogP contribution >= 0.6 is 0 Å². The van der Waals surface area contributed by atoms with Gasteiger partial charge in [0.2, 0.25) is 0 Å². The van der Waals surface area contributed by atoms with E-state index >= 15 is 0 Å². The SMILES string of the molecule is CCC(C)CN1CCC(N(C)Cc2ccc(N3CCN(C(C)C)CC3)cc2)CC1. The minimum atomic E-state index is 0.664. The molecule has 3 rings (SSSR count). The fraction of sp³-hybridized carbons (Fsp3) is 0.760. The maximum absolute atomic E-state index is 2.67. The molecule has 0 saturated carbocycles. The Kier molecular flexibility index (Phi) is 8.40. The molecule has 0 aliphatic carbocycles. The van der Waals surface area contributed by atoms with E-state index < -0.39 is 0 Å². The molecule has 4 nitrogen and oxygen atoms in total. The van der Waals surface area contributed by atoms with Crippen LogP contribution in [-0.2, 0) is 6.54 Å². The molecule has 0 N–H and O–H groups in total. The van der Waals surface area contributed by atoms with Crippen molar-refractivity contribution < 1.29 is 0 Å². The molecule has 1 aromatic carbocycles. The van der Waals surface area contributed by atoms with Crippen LogP contribution in [0.2, 0.25) is 0 Å². The Bertz CT molecular complexity index is 583. The molecule has 2 aliphatic rings. The van der Waals surface area contributed by atoms with Crippen LogP contribution in [0.5, 0.6) is 0 Å². The molecular formula is C25H44N4. The van der Waals surface area contributed by atoms with Crippen LogP contribution < -0.4 is 4.90 Å². The molecule has 4 heteroatoms. The summed E-state index contributed by atoms with van der Waals surface area (Å²) in [5.41, 5.74) is 2.83. The molecular weight excluding hydrogens is 356 g/mol. The van der Waals surface area contributed by atoms with Gasteiger partial charge in [-0.1, -0.05) is 32.4 Å². The van der Waals surface area contributed by atoms with Crippen molar-refractivity contribution in [2.45, 2.75) is 65.6 Å². The van der Waals surface area contributed by atoms with E-state index in [9.17, 15) is 0 Å². The van der Waals surface area contributed by atoms with Gasteiger partial charge in [-0.2, -0.15) is 0 Å². The van der Waals surface area contributed by atoms with Gasteiger partial charge in [0, 0.05) is 57.0 Å². The second-order valence-electron chi connectivity index (χ2n) is 9.74. The van der Waals surface area contributed by atoms with E-state index in [1.807, 2.05) is 0 Å². The van der Waals surface area contributed by atoms with Crippen molar-refractivity contribution in [3.05, 3.63) is 29.8 Å². The van der Waals surface area contributed by atoms with Crippen LogP contribution in [-0.4, -0.2) is 79.6 Å². The van der Waals surface area contributed by atoms with Gasteiger partial charge >= 0.3 is 0 Å². The second-order valence-corrected chi connectivity index (χ2v) is 9.74. The zero-order valence-electron chi connectivity index (χ0n) is 19.6. The predicted octanol–water partition coefficient (Wildman–Crippen LogP) is 4.16. The lowest BCUT2D eigenvalue weighted by Gasteiger charge is -2.38. The first-order valence-electron chi connectivity index (χ1n) is 12.0. The van der Waals surface area contributed by atoms with Crippen LogP contribution in [0.25, 0.3) is 0 Å². The molecule has 2 saturated heterocycles. The number of piperazine rings is 1. The van der Waals surface area contributed by atoms with Gasteiger partial charge in [0.25, 0.3) is 0 Å². The van der Waals surface area contributed by atoms with Crippen molar-refractivity contribution in [1.82, 2.24) is 14.7 Å². The van der Waals surface area contributed by atoms with E-state index in [0.717, 1.165) is 31.6 Å². The minimum Gasteiger partial charge on any atom is -0.369 e. The summed E-state index contributed by atoms with van der Waals surface area (Å²) >= 11 is 0. The largest absolute Gasteiger partial charge is 0.369 e. The highest BCUT2D eigenvalue weighted by Crippen LogP contribution is 2.22. The number of piperidine rings is 1. The summed E-state index contributed by atoms with van der Waals surface area (Å²) in [6.45, 7) is 18.8. The summed E-state index contributed by atoms with van der Waals surface area (Å²) in [6, 6.07) is 10.8. The topological polar surface area (TPSA) is 13.0 Å². The average molecular weight is 401 g/mol. The average Bonchev–Trinajstić information content (AvgIpc) is 2.74. The molecule has 2 fully saturated rings. The van der Waals surface area contributed by atoms with Gasteiger partial charge in [-0.15, -0.1) is 0 Å². The third-order valence-electron chi connectivity index (χ3n) is 7.23. The van der Waals surface area contributed by atoms with E-state index in [4.69, 9.17) is 0 Å².